The van der Waals surface area contributed by atoms with E-state index < -0.39 is 0 Å². The lowest BCUT2D eigenvalue weighted by Gasteiger charge is -2.22. The molecule has 0 spiro atoms. The Bertz CT molecular complexity index is 857. The van der Waals surface area contributed by atoms with Gasteiger partial charge in [-0.1, -0.05) is 48.5 Å². The average Bonchev–Trinajstić information content (AvgIpc) is 3.03. The molecule has 1 heterocycles. The second-order valence-electron chi connectivity index (χ2n) is 6.93. The van der Waals surface area contributed by atoms with E-state index in [1.54, 1.807) is 0 Å². The molecular formula is C23H23N3. The summed E-state index contributed by atoms with van der Waals surface area (Å²) in [6.07, 6.45) is 4.79. The highest BCUT2D eigenvalue weighted by molar-refractivity contribution is 5.91. The van der Waals surface area contributed by atoms with Gasteiger partial charge >= 0.3 is 0 Å². The molecule has 26 heavy (non-hydrogen) atoms. The predicted molar refractivity (Wildman–Crippen MR) is 108 cm³/mol. The molecule has 4 rings (SSSR count). The number of nitrogens with zero attached hydrogens (tertiary/aromatic N) is 1. The zero-order chi connectivity index (χ0) is 17.8. The van der Waals surface area contributed by atoms with Crippen molar-refractivity contribution in [3.05, 3.63) is 84.6 Å². The molecule has 1 aliphatic carbocycles. The lowest BCUT2D eigenvalue weighted by Crippen LogP contribution is -2.31. The Labute approximate surface area is 154 Å². The van der Waals surface area contributed by atoms with E-state index in [4.69, 9.17) is 5.41 Å². The van der Waals surface area contributed by atoms with Crippen LogP contribution in [0.1, 0.15) is 18.4 Å². The average molecular weight is 341 g/mol. The summed E-state index contributed by atoms with van der Waals surface area (Å²) in [6.45, 7) is 0. The maximum atomic E-state index is 8.33. The van der Waals surface area contributed by atoms with E-state index in [0.29, 0.717) is 5.92 Å². The lowest BCUT2D eigenvalue weighted by atomic mass is 9.93. The fourth-order valence-electron chi connectivity index (χ4n) is 3.73. The Morgan fingerprint density at radius 2 is 1.69 bits per heavy atom. The summed E-state index contributed by atoms with van der Waals surface area (Å²) < 4.78 is 0. The van der Waals surface area contributed by atoms with Crippen LogP contribution in [0.3, 0.4) is 0 Å². The van der Waals surface area contributed by atoms with E-state index in [0.717, 1.165) is 41.9 Å². The van der Waals surface area contributed by atoms with Crippen molar-refractivity contribution in [1.29, 1.82) is 5.41 Å². The van der Waals surface area contributed by atoms with Crippen molar-refractivity contribution < 1.29 is 0 Å². The third-order valence-electron chi connectivity index (χ3n) is 5.14. The Kier molecular flexibility index (Phi) is 4.78. The van der Waals surface area contributed by atoms with E-state index in [2.05, 4.69) is 46.7 Å². The van der Waals surface area contributed by atoms with Crippen molar-refractivity contribution in [2.45, 2.75) is 25.3 Å². The minimum atomic E-state index is 0.132. The second kappa shape index (κ2) is 7.52. The third kappa shape index (κ3) is 3.67. The molecule has 0 saturated heterocycles. The SMILES string of the molecule is N=C1CCC(Cc2ccc(-c3ccccn3)cc2)C1Nc1ccccc1. The summed E-state index contributed by atoms with van der Waals surface area (Å²) in [6, 6.07) is 25.1. The minimum absolute atomic E-state index is 0.132. The zero-order valence-electron chi connectivity index (χ0n) is 14.7. The molecular weight excluding hydrogens is 318 g/mol. The van der Waals surface area contributed by atoms with Gasteiger partial charge < -0.3 is 10.7 Å². The first-order chi connectivity index (χ1) is 12.8. The summed E-state index contributed by atoms with van der Waals surface area (Å²) in [7, 11) is 0. The molecule has 1 fully saturated rings. The Morgan fingerprint density at radius 1 is 0.923 bits per heavy atom. The molecule has 2 unspecified atom stereocenters. The number of aromatic nitrogens is 1. The van der Waals surface area contributed by atoms with Crippen molar-refractivity contribution in [2.75, 3.05) is 5.32 Å². The topological polar surface area (TPSA) is 48.8 Å². The number of rotatable bonds is 5. The van der Waals surface area contributed by atoms with E-state index in [1.165, 1.54) is 5.56 Å². The van der Waals surface area contributed by atoms with Gasteiger partial charge in [0.15, 0.2) is 0 Å². The van der Waals surface area contributed by atoms with Crippen LogP contribution in [-0.4, -0.2) is 16.7 Å². The van der Waals surface area contributed by atoms with Crippen LogP contribution in [0, 0.1) is 11.3 Å². The zero-order valence-corrected chi connectivity index (χ0v) is 14.7. The van der Waals surface area contributed by atoms with Crippen LogP contribution in [0.5, 0.6) is 0 Å². The number of para-hydroxylation sites is 1. The first kappa shape index (κ1) is 16.5. The summed E-state index contributed by atoms with van der Waals surface area (Å²) >= 11 is 0. The van der Waals surface area contributed by atoms with Gasteiger partial charge in [0.25, 0.3) is 0 Å². The fraction of sp³-hybridized carbons (Fsp3) is 0.217. The van der Waals surface area contributed by atoms with Gasteiger partial charge in [-0.15, -0.1) is 0 Å². The number of pyridine rings is 1. The summed E-state index contributed by atoms with van der Waals surface area (Å²) in [5.74, 6) is 0.461. The van der Waals surface area contributed by atoms with Crippen LogP contribution in [0.2, 0.25) is 0 Å². The minimum Gasteiger partial charge on any atom is -0.377 e. The van der Waals surface area contributed by atoms with Crippen LogP contribution in [0.4, 0.5) is 5.69 Å². The van der Waals surface area contributed by atoms with Gasteiger partial charge in [-0.05, 0) is 55.0 Å². The Balaban J connectivity index is 1.46. The molecule has 1 saturated carbocycles. The van der Waals surface area contributed by atoms with Gasteiger partial charge in [0.2, 0.25) is 0 Å². The van der Waals surface area contributed by atoms with Crippen LogP contribution >= 0.6 is 0 Å². The molecule has 0 bridgehead atoms. The number of nitrogens with one attached hydrogen (secondary N) is 2. The summed E-state index contributed by atoms with van der Waals surface area (Å²) in [5, 5.41) is 11.9. The Morgan fingerprint density at radius 3 is 2.42 bits per heavy atom. The largest absolute Gasteiger partial charge is 0.377 e. The molecule has 0 radical (unpaired) electrons. The van der Waals surface area contributed by atoms with Crippen LogP contribution in [0.15, 0.2) is 79.0 Å². The van der Waals surface area contributed by atoms with Crippen LogP contribution < -0.4 is 5.32 Å². The van der Waals surface area contributed by atoms with E-state index in [-0.39, 0.29) is 6.04 Å². The van der Waals surface area contributed by atoms with Crippen molar-refractivity contribution in [3.63, 3.8) is 0 Å². The highest BCUT2D eigenvalue weighted by Gasteiger charge is 2.31. The fourth-order valence-corrected chi connectivity index (χ4v) is 3.73. The first-order valence-corrected chi connectivity index (χ1v) is 9.19. The quantitative estimate of drug-likeness (QED) is 0.670. The molecule has 1 aromatic heterocycles. The van der Waals surface area contributed by atoms with Crippen molar-refractivity contribution in [1.82, 2.24) is 4.98 Å². The second-order valence-corrected chi connectivity index (χ2v) is 6.93. The molecule has 2 atom stereocenters. The number of hydrogen-bond donors (Lipinski definition) is 2. The van der Waals surface area contributed by atoms with E-state index in [1.807, 2.05) is 42.6 Å². The highest BCUT2D eigenvalue weighted by Crippen LogP contribution is 2.30. The number of hydrogen-bond acceptors (Lipinski definition) is 3. The van der Waals surface area contributed by atoms with Crippen molar-refractivity contribution >= 4 is 11.4 Å². The molecule has 3 heteroatoms. The van der Waals surface area contributed by atoms with Gasteiger partial charge in [0.1, 0.15) is 0 Å². The maximum Gasteiger partial charge on any atom is 0.0701 e. The molecule has 2 N–H and O–H groups in total. The summed E-state index contributed by atoms with van der Waals surface area (Å²) in [4.78, 5) is 4.41. The predicted octanol–water partition coefficient (Wildman–Crippen LogP) is 5.20. The standard InChI is InChI=1S/C23H23N3/c24-21-14-13-19(23(21)26-20-6-2-1-3-7-20)16-17-9-11-18(12-10-17)22-8-4-5-15-25-22/h1-12,15,19,23-24,26H,13-14,16H2. The van der Waals surface area contributed by atoms with Crippen LogP contribution in [-0.2, 0) is 6.42 Å². The van der Waals surface area contributed by atoms with Crippen molar-refractivity contribution in [3.8, 4) is 11.3 Å². The smallest absolute Gasteiger partial charge is 0.0701 e. The van der Waals surface area contributed by atoms with Gasteiger partial charge in [0, 0.05) is 23.2 Å². The first-order valence-electron chi connectivity index (χ1n) is 9.19. The molecule has 1 aliphatic rings. The lowest BCUT2D eigenvalue weighted by molar-refractivity contribution is 0.523. The number of anilines is 1. The van der Waals surface area contributed by atoms with E-state index in [9.17, 15) is 0 Å². The van der Waals surface area contributed by atoms with Gasteiger partial charge in [-0.25, -0.2) is 0 Å². The highest BCUT2D eigenvalue weighted by atomic mass is 14.9. The van der Waals surface area contributed by atoms with Crippen LogP contribution in [0.25, 0.3) is 11.3 Å². The Hall–Kier alpha value is -2.94. The molecule has 0 aliphatic heterocycles. The molecule has 3 aromatic rings. The molecule has 3 nitrogen and oxygen atoms in total. The van der Waals surface area contributed by atoms with E-state index >= 15 is 0 Å². The molecule has 2 aromatic carbocycles. The van der Waals surface area contributed by atoms with Gasteiger partial charge in [-0.2, -0.15) is 0 Å². The maximum absolute atomic E-state index is 8.33. The normalized spacial score (nSPS) is 19.5. The van der Waals surface area contributed by atoms with Gasteiger partial charge in [-0.3, -0.25) is 4.98 Å². The number of benzene rings is 2. The molecule has 130 valence electrons. The van der Waals surface area contributed by atoms with Crippen molar-refractivity contribution in [2.24, 2.45) is 5.92 Å². The van der Waals surface area contributed by atoms with Gasteiger partial charge in [0.05, 0.1) is 11.7 Å². The monoisotopic (exact) mass is 341 g/mol. The summed E-state index contributed by atoms with van der Waals surface area (Å²) in [5.41, 5.74) is 5.39. The molecule has 0 amide bonds. The third-order valence-corrected chi connectivity index (χ3v) is 5.14.